The van der Waals surface area contributed by atoms with Crippen molar-refractivity contribution in [2.45, 2.75) is 32.0 Å². The van der Waals surface area contributed by atoms with Gasteiger partial charge in [-0.15, -0.1) is 5.10 Å². The molecule has 0 atom stereocenters. The van der Waals surface area contributed by atoms with Crippen LogP contribution in [-0.2, 0) is 4.74 Å². The lowest BCUT2D eigenvalue weighted by Crippen LogP contribution is -2.19. The first-order valence-corrected chi connectivity index (χ1v) is 5.87. The van der Waals surface area contributed by atoms with Crippen LogP contribution in [-0.4, -0.2) is 35.1 Å². The summed E-state index contributed by atoms with van der Waals surface area (Å²) in [6.45, 7) is 0.404. The highest BCUT2D eigenvalue weighted by Crippen LogP contribution is 2.36. The van der Waals surface area contributed by atoms with E-state index >= 15 is 0 Å². The number of halogens is 3. The van der Waals surface area contributed by atoms with Crippen LogP contribution >= 0.6 is 0 Å². The van der Waals surface area contributed by atoms with E-state index in [9.17, 15) is 18.0 Å². The summed E-state index contributed by atoms with van der Waals surface area (Å²) in [4.78, 5) is 11.7. The minimum atomic E-state index is -4.44. The predicted octanol–water partition coefficient (Wildman–Crippen LogP) is 2.34. The van der Waals surface area contributed by atoms with Crippen LogP contribution in [0.3, 0.4) is 0 Å². The van der Waals surface area contributed by atoms with Gasteiger partial charge in [0.25, 0.3) is 0 Å². The maximum absolute atomic E-state index is 12.0. The number of hydrogen-bond donors (Lipinski definition) is 0. The fraction of sp³-hybridized carbons (Fsp3) is 0.636. The highest BCUT2D eigenvalue weighted by atomic mass is 19.4. The van der Waals surface area contributed by atoms with E-state index in [0.717, 1.165) is 12.8 Å². The van der Waals surface area contributed by atoms with Gasteiger partial charge in [-0.3, -0.25) is 4.68 Å². The second-order valence-corrected chi connectivity index (χ2v) is 4.17. The van der Waals surface area contributed by atoms with E-state index in [0.29, 0.717) is 0 Å². The van der Waals surface area contributed by atoms with Crippen molar-refractivity contribution in [2.75, 3.05) is 13.2 Å². The SMILES string of the molecule is CCOC(=O)c1cc(OCC(F)(F)F)nn1C1CC1. The van der Waals surface area contributed by atoms with Gasteiger partial charge in [0.05, 0.1) is 12.6 Å². The molecule has 0 aliphatic heterocycles. The van der Waals surface area contributed by atoms with Crippen molar-refractivity contribution in [1.82, 2.24) is 9.78 Å². The number of ether oxygens (including phenoxy) is 2. The molecule has 2 rings (SSSR count). The van der Waals surface area contributed by atoms with Crippen molar-refractivity contribution in [1.29, 1.82) is 0 Å². The number of carbonyl (C=O) groups excluding carboxylic acids is 1. The van der Waals surface area contributed by atoms with Crippen molar-refractivity contribution in [3.05, 3.63) is 11.8 Å². The van der Waals surface area contributed by atoms with Crippen LogP contribution in [0.4, 0.5) is 13.2 Å². The molecule has 0 unspecified atom stereocenters. The third-order valence-electron chi connectivity index (χ3n) is 2.47. The first kappa shape index (κ1) is 13.7. The Labute approximate surface area is 107 Å². The van der Waals surface area contributed by atoms with Crippen LogP contribution < -0.4 is 4.74 Å². The van der Waals surface area contributed by atoms with E-state index in [4.69, 9.17) is 4.74 Å². The fourth-order valence-corrected chi connectivity index (χ4v) is 1.55. The molecule has 1 fully saturated rings. The van der Waals surface area contributed by atoms with Gasteiger partial charge in [-0.05, 0) is 19.8 Å². The summed E-state index contributed by atoms with van der Waals surface area (Å²) in [7, 11) is 0. The van der Waals surface area contributed by atoms with Crippen LogP contribution in [0.2, 0.25) is 0 Å². The van der Waals surface area contributed by atoms with Crippen molar-refractivity contribution in [3.63, 3.8) is 0 Å². The van der Waals surface area contributed by atoms with E-state index in [1.54, 1.807) is 6.92 Å². The molecule has 0 spiro atoms. The standard InChI is InChI=1S/C11H13F3N2O3/c1-2-18-10(17)8-5-9(19-6-11(12,13)14)15-16(8)7-3-4-7/h5,7H,2-4,6H2,1H3. The fourth-order valence-electron chi connectivity index (χ4n) is 1.55. The molecule has 0 amide bonds. The smallest absolute Gasteiger partial charge is 0.422 e. The average molecular weight is 278 g/mol. The highest BCUT2D eigenvalue weighted by molar-refractivity contribution is 5.88. The summed E-state index contributed by atoms with van der Waals surface area (Å²) in [5.41, 5.74) is 0.126. The van der Waals surface area contributed by atoms with E-state index in [-0.39, 0.29) is 24.2 Å². The molecule has 1 saturated carbocycles. The van der Waals surface area contributed by atoms with Crippen LogP contribution in [0.25, 0.3) is 0 Å². The molecule has 5 nitrogen and oxygen atoms in total. The molecule has 1 aliphatic rings. The van der Waals surface area contributed by atoms with Crippen molar-refractivity contribution < 1.29 is 27.4 Å². The zero-order valence-corrected chi connectivity index (χ0v) is 10.2. The first-order valence-electron chi connectivity index (χ1n) is 5.87. The molecule has 0 radical (unpaired) electrons. The van der Waals surface area contributed by atoms with Crippen molar-refractivity contribution in [2.24, 2.45) is 0 Å². The molecular formula is C11H13F3N2O3. The summed E-state index contributed by atoms with van der Waals surface area (Å²) in [5.74, 6) is -0.823. The largest absolute Gasteiger partial charge is 0.467 e. The zero-order chi connectivity index (χ0) is 14.0. The number of rotatable bonds is 5. The van der Waals surface area contributed by atoms with Gasteiger partial charge in [0.1, 0.15) is 0 Å². The number of hydrogen-bond acceptors (Lipinski definition) is 4. The Morgan fingerprint density at radius 2 is 2.21 bits per heavy atom. The van der Waals surface area contributed by atoms with Gasteiger partial charge in [-0.1, -0.05) is 0 Å². The third kappa shape index (κ3) is 3.62. The van der Waals surface area contributed by atoms with Gasteiger partial charge in [-0.2, -0.15) is 13.2 Å². The van der Waals surface area contributed by atoms with E-state index in [1.807, 2.05) is 0 Å². The topological polar surface area (TPSA) is 53.4 Å². The van der Waals surface area contributed by atoms with Crippen LogP contribution in [0.1, 0.15) is 36.3 Å². The molecule has 8 heteroatoms. The van der Waals surface area contributed by atoms with Gasteiger partial charge >= 0.3 is 12.1 Å². The molecule has 0 bridgehead atoms. The summed E-state index contributed by atoms with van der Waals surface area (Å²) >= 11 is 0. The molecule has 0 aromatic carbocycles. The van der Waals surface area contributed by atoms with Gasteiger partial charge in [0.15, 0.2) is 12.3 Å². The number of carbonyl (C=O) groups is 1. The number of esters is 1. The predicted molar refractivity (Wildman–Crippen MR) is 58.0 cm³/mol. The van der Waals surface area contributed by atoms with Gasteiger partial charge < -0.3 is 9.47 Å². The molecule has 1 aromatic rings. The van der Waals surface area contributed by atoms with Crippen molar-refractivity contribution >= 4 is 5.97 Å². The molecule has 0 saturated heterocycles. The molecule has 0 N–H and O–H groups in total. The minimum Gasteiger partial charge on any atom is -0.467 e. The van der Waals surface area contributed by atoms with Crippen molar-refractivity contribution in [3.8, 4) is 5.88 Å². The maximum atomic E-state index is 12.0. The van der Waals surface area contributed by atoms with Crippen LogP contribution in [0.5, 0.6) is 5.88 Å². The summed E-state index contributed by atoms with van der Waals surface area (Å²) < 4.78 is 46.9. The monoisotopic (exact) mass is 278 g/mol. The van der Waals surface area contributed by atoms with Gasteiger partial charge in [0, 0.05) is 6.07 Å². The summed E-state index contributed by atoms with van der Waals surface area (Å²) in [6, 6.07) is 1.23. The molecule has 1 aromatic heterocycles. The molecule has 19 heavy (non-hydrogen) atoms. The Balaban J connectivity index is 2.13. The van der Waals surface area contributed by atoms with Crippen LogP contribution in [0, 0.1) is 0 Å². The average Bonchev–Trinajstić information content (AvgIpc) is 3.06. The molecule has 106 valence electrons. The van der Waals surface area contributed by atoms with E-state index in [2.05, 4.69) is 9.84 Å². The molecular weight excluding hydrogens is 265 g/mol. The second-order valence-electron chi connectivity index (χ2n) is 4.17. The minimum absolute atomic E-state index is 0.0441. The lowest BCUT2D eigenvalue weighted by Gasteiger charge is -2.05. The van der Waals surface area contributed by atoms with Crippen LogP contribution in [0.15, 0.2) is 6.07 Å². The normalized spacial score (nSPS) is 15.4. The summed E-state index contributed by atoms with van der Waals surface area (Å²) in [6.07, 6.45) is -2.76. The van der Waals surface area contributed by atoms with E-state index in [1.165, 1.54) is 10.7 Å². The maximum Gasteiger partial charge on any atom is 0.422 e. The third-order valence-corrected chi connectivity index (χ3v) is 2.47. The number of nitrogens with zero attached hydrogens (tertiary/aromatic N) is 2. The number of aromatic nitrogens is 2. The zero-order valence-electron chi connectivity index (χ0n) is 10.2. The van der Waals surface area contributed by atoms with Gasteiger partial charge in [0.2, 0.25) is 5.88 Å². The quantitative estimate of drug-likeness (QED) is 0.776. The molecule has 1 aliphatic carbocycles. The summed E-state index contributed by atoms with van der Waals surface area (Å²) in [5, 5.41) is 3.87. The highest BCUT2D eigenvalue weighted by Gasteiger charge is 2.32. The lowest BCUT2D eigenvalue weighted by molar-refractivity contribution is -0.154. The Morgan fingerprint density at radius 1 is 1.53 bits per heavy atom. The van der Waals surface area contributed by atoms with E-state index < -0.39 is 18.8 Å². The second kappa shape index (κ2) is 5.10. The Morgan fingerprint density at radius 3 is 2.74 bits per heavy atom. The first-order chi connectivity index (χ1) is 8.90. The number of alkyl halides is 3. The Kier molecular flexibility index (Phi) is 3.68. The Bertz CT molecular complexity index is 466. The lowest BCUT2D eigenvalue weighted by atomic mass is 10.4. The van der Waals surface area contributed by atoms with Gasteiger partial charge in [-0.25, -0.2) is 4.79 Å². The Hall–Kier alpha value is -1.73. The molecule has 1 heterocycles.